The van der Waals surface area contributed by atoms with Crippen LogP contribution in [0.2, 0.25) is 0 Å². The molecule has 0 aliphatic carbocycles. The van der Waals surface area contributed by atoms with Crippen LogP contribution in [0.25, 0.3) is 0 Å². The van der Waals surface area contributed by atoms with E-state index in [-0.39, 0.29) is 22.7 Å². The molecule has 0 rings (SSSR count). The second kappa shape index (κ2) is 11.5. The predicted molar refractivity (Wildman–Crippen MR) is 103 cm³/mol. The summed E-state index contributed by atoms with van der Waals surface area (Å²) >= 11 is 0. The Hall–Kier alpha value is -1.02. The minimum absolute atomic E-state index is 0.144. The molecule has 0 bridgehead atoms. The SMILES string of the molecule is CC(C#N)C(C)(C)CCCCCCCCCCC(C)(C)C(C)C#N. The molecule has 2 nitrogen and oxygen atoms in total. The molecule has 2 unspecified atom stereocenters. The van der Waals surface area contributed by atoms with Gasteiger partial charge in [-0.25, -0.2) is 0 Å². The molecular weight excluding hydrogens is 292 g/mol. The van der Waals surface area contributed by atoms with Crippen LogP contribution in [-0.2, 0) is 0 Å². The van der Waals surface area contributed by atoms with Crippen molar-refractivity contribution in [2.75, 3.05) is 0 Å². The molecule has 24 heavy (non-hydrogen) atoms. The van der Waals surface area contributed by atoms with Crippen molar-refractivity contribution >= 4 is 0 Å². The highest BCUT2D eigenvalue weighted by Crippen LogP contribution is 2.33. The molecule has 0 aromatic rings. The Morgan fingerprint density at radius 3 is 1.08 bits per heavy atom. The molecule has 0 aromatic carbocycles. The molecule has 0 N–H and O–H groups in total. The van der Waals surface area contributed by atoms with Gasteiger partial charge in [0.2, 0.25) is 0 Å². The van der Waals surface area contributed by atoms with Crippen molar-refractivity contribution in [3.63, 3.8) is 0 Å². The highest BCUT2D eigenvalue weighted by Gasteiger charge is 2.25. The zero-order chi connectivity index (χ0) is 18.6. The van der Waals surface area contributed by atoms with Gasteiger partial charge in [-0.15, -0.1) is 0 Å². The first-order valence-corrected chi connectivity index (χ1v) is 9.96. The van der Waals surface area contributed by atoms with Gasteiger partial charge in [-0.3, -0.25) is 0 Å². The summed E-state index contributed by atoms with van der Waals surface area (Å²) in [6.07, 6.45) is 12.8. The minimum Gasteiger partial charge on any atom is -0.198 e. The Morgan fingerprint density at radius 2 is 0.833 bits per heavy atom. The van der Waals surface area contributed by atoms with E-state index < -0.39 is 0 Å². The third-order valence-corrected chi connectivity index (χ3v) is 6.12. The molecule has 0 heterocycles. The predicted octanol–water partition coefficient (Wildman–Crippen LogP) is 7.26. The van der Waals surface area contributed by atoms with Gasteiger partial charge in [0.15, 0.2) is 0 Å². The lowest BCUT2D eigenvalue weighted by atomic mass is 9.76. The van der Waals surface area contributed by atoms with Gasteiger partial charge in [-0.05, 0) is 37.5 Å². The molecular formula is C22H40N2. The zero-order valence-electron chi connectivity index (χ0n) is 17.1. The second-order valence-electron chi connectivity index (χ2n) is 9.01. The fourth-order valence-corrected chi connectivity index (χ4v) is 3.00. The second-order valence-corrected chi connectivity index (χ2v) is 9.01. The summed E-state index contributed by atoms with van der Waals surface area (Å²) in [4.78, 5) is 0. The summed E-state index contributed by atoms with van der Waals surface area (Å²) in [5.41, 5.74) is 0.310. The fourth-order valence-electron chi connectivity index (χ4n) is 3.00. The summed E-state index contributed by atoms with van der Waals surface area (Å²) in [6, 6.07) is 4.78. The number of hydrogen-bond donors (Lipinski definition) is 0. The lowest BCUT2D eigenvalue weighted by Crippen LogP contribution is -2.20. The first-order valence-electron chi connectivity index (χ1n) is 9.96. The quantitative estimate of drug-likeness (QED) is 0.333. The van der Waals surface area contributed by atoms with Crippen LogP contribution < -0.4 is 0 Å². The van der Waals surface area contributed by atoms with E-state index in [0.717, 1.165) is 12.8 Å². The van der Waals surface area contributed by atoms with Crippen LogP contribution in [0.15, 0.2) is 0 Å². The third kappa shape index (κ3) is 9.32. The Morgan fingerprint density at radius 1 is 0.583 bits per heavy atom. The Kier molecular flexibility index (Phi) is 11.0. The van der Waals surface area contributed by atoms with Crippen molar-refractivity contribution in [3.05, 3.63) is 0 Å². The van der Waals surface area contributed by atoms with Gasteiger partial charge in [0, 0.05) is 11.8 Å². The van der Waals surface area contributed by atoms with Crippen LogP contribution >= 0.6 is 0 Å². The van der Waals surface area contributed by atoms with Gasteiger partial charge in [0.25, 0.3) is 0 Å². The summed E-state index contributed by atoms with van der Waals surface area (Å²) < 4.78 is 0. The Labute approximate surface area is 151 Å². The molecule has 0 aliphatic heterocycles. The summed E-state index contributed by atoms with van der Waals surface area (Å²) in [5, 5.41) is 18.1. The van der Waals surface area contributed by atoms with Crippen LogP contribution in [0, 0.1) is 45.3 Å². The van der Waals surface area contributed by atoms with Crippen LogP contribution in [0.5, 0.6) is 0 Å². The van der Waals surface area contributed by atoms with E-state index in [0.29, 0.717) is 0 Å². The smallest absolute Gasteiger partial charge is 0.0658 e. The number of nitrogens with zero attached hydrogens (tertiary/aromatic N) is 2. The largest absolute Gasteiger partial charge is 0.198 e. The summed E-state index contributed by atoms with van der Waals surface area (Å²) in [7, 11) is 0. The van der Waals surface area contributed by atoms with E-state index in [9.17, 15) is 0 Å². The van der Waals surface area contributed by atoms with Crippen molar-refractivity contribution in [2.24, 2.45) is 22.7 Å². The lowest BCUT2D eigenvalue weighted by molar-refractivity contribution is 0.248. The van der Waals surface area contributed by atoms with Crippen molar-refractivity contribution in [1.29, 1.82) is 10.5 Å². The molecule has 0 radical (unpaired) electrons. The number of hydrogen-bond acceptors (Lipinski definition) is 2. The normalized spacial score (nSPS) is 14.7. The fraction of sp³-hybridized carbons (Fsp3) is 0.909. The van der Waals surface area contributed by atoms with Gasteiger partial charge < -0.3 is 0 Å². The maximum atomic E-state index is 9.04. The van der Waals surface area contributed by atoms with Crippen molar-refractivity contribution in [3.8, 4) is 12.1 Å². The summed E-state index contributed by atoms with van der Waals surface area (Å²) in [6.45, 7) is 13.0. The van der Waals surface area contributed by atoms with Gasteiger partial charge in [0.05, 0.1) is 12.1 Å². The zero-order valence-corrected chi connectivity index (χ0v) is 17.1. The molecule has 2 heteroatoms. The Balaban J connectivity index is 3.57. The van der Waals surface area contributed by atoms with Gasteiger partial charge in [-0.2, -0.15) is 10.5 Å². The van der Waals surface area contributed by atoms with E-state index in [1.165, 1.54) is 51.4 Å². The van der Waals surface area contributed by atoms with Crippen molar-refractivity contribution < 1.29 is 0 Å². The maximum Gasteiger partial charge on any atom is 0.0658 e. The third-order valence-electron chi connectivity index (χ3n) is 6.12. The van der Waals surface area contributed by atoms with Crippen LogP contribution in [-0.4, -0.2) is 0 Å². The lowest BCUT2D eigenvalue weighted by Gasteiger charge is -2.27. The highest BCUT2D eigenvalue weighted by molar-refractivity contribution is 4.90. The van der Waals surface area contributed by atoms with Crippen LogP contribution in [0.3, 0.4) is 0 Å². The van der Waals surface area contributed by atoms with E-state index >= 15 is 0 Å². The molecule has 0 spiro atoms. The first-order chi connectivity index (χ1) is 11.2. The molecule has 2 atom stereocenters. The monoisotopic (exact) mass is 332 g/mol. The van der Waals surface area contributed by atoms with E-state index in [1.807, 2.05) is 13.8 Å². The molecule has 0 saturated heterocycles. The average molecular weight is 333 g/mol. The van der Waals surface area contributed by atoms with Crippen LogP contribution in [0.1, 0.15) is 106 Å². The standard InChI is InChI=1S/C22H40N2/c1-19(17-23)21(3,4)15-13-11-9-7-8-10-12-14-16-22(5,6)20(2)18-24/h19-20H,7-16H2,1-6H3. The van der Waals surface area contributed by atoms with Gasteiger partial charge in [0.1, 0.15) is 0 Å². The minimum atomic E-state index is 0.144. The Bertz CT molecular complexity index is 369. The van der Waals surface area contributed by atoms with Gasteiger partial charge >= 0.3 is 0 Å². The van der Waals surface area contributed by atoms with Crippen LogP contribution in [0.4, 0.5) is 0 Å². The molecule has 0 amide bonds. The number of rotatable bonds is 13. The number of unbranched alkanes of at least 4 members (excludes halogenated alkanes) is 7. The average Bonchev–Trinajstić information content (AvgIpc) is 2.54. The van der Waals surface area contributed by atoms with E-state index in [1.54, 1.807) is 0 Å². The number of nitriles is 2. The van der Waals surface area contributed by atoms with Crippen molar-refractivity contribution in [1.82, 2.24) is 0 Å². The maximum absolute atomic E-state index is 9.04. The highest BCUT2D eigenvalue weighted by atomic mass is 14.3. The molecule has 0 aliphatic rings. The van der Waals surface area contributed by atoms with Gasteiger partial charge in [-0.1, -0.05) is 79.1 Å². The molecule has 0 saturated carbocycles. The van der Waals surface area contributed by atoms with Crippen molar-refractivity contribution in [2.45, 2.75) is 106 Å². The molecule has 138 valence electrons. The first kappa shape index (κ1) is 23.0. The molecule has 0 fully saturated rings. The van der Waals surface area contributed by atoms with E-state index in [2.05, 4.69) is 39.8 Å². The topological polar surface area (TPSA) is 47.6 Å². The molecule has 0 aromatic heterocycles. The summed E-state index contributed by atoms with van der Waals surface area (Å²) in [5.74, 6) is 0.288. The van der Waals surface area contributed by atoms with E-state index in [4.69, 9.17) is 10.5 Å².